The number of hydrogen-bond donors (Lipinski definition) is 1. The minimum absolute atomic E-state index is 0.191. The van der Waals surface area contributed by atoms with E-state index >= 15 is 0 Å². The standard InChI is InChI=1S/C18H14N2/c1-3-7-16-13(5-1)9-10-19-18(16)15-11-14-6-2-4-8-17(14)20-12-15/h1-10,15,20H,11H2. The van der Waals surface area contributed by atoms with Crippen LogP contribution in [0.3, 0.4) is 0 Å². The van der Waals surface area contributed by atoms with Crippen LogP contribution in [0.2, 0.25) is 0 Å². The summed E-state index contributed by atoms with van der Waals surface area (Å²) in [6, 6.07) is 18.8. The van der Waals surface area contributed by atoms with Gasteiger partial charge in [0, 0.05) is 23.2 Å². The Bertz CT molecular complexity index is 759. The summed E-state index contributed by atoms with van der Waals surface area (Å²) in [7, 11) is 0. The van der Waals surface area contributed by atoms with Crippen molar-refractivity contribution in [2.45, 2.75) is 12.3 Å². The highest BCUT2D eigenvalue weighted by Crippen LogP contribution is 2.34. The molecule has 1 N–H and O–H groups in total. The molecule has 2 aromatic carbocycles. The van der Waals surface area contributed by atoms with Gasteiger partial charge in [-0.05, 0) is 29.5 Å². The molecule has 20 heavy (non-hydrogen) atoms. The fraction of sp³-hybridized carbons (Fsp3) is 0.111. The first-order chi connectivity index (χ1) is 9.92. The summed E-state index contributed by atoms with van der Waals surface area (Å²) in [6.07, 6.45) is 2.84. The fourth-order valence-electron chi connectivity index (χ4n) is 2.84. The van der Waals surface area contributed by atoms with E-state index in [1.165, 1.54) is 16.3 Å². The minimum atomic E-state index is 0.191. The monoisotopic (exact) mass is 258 g/mol. The van der Waals surface area contributed by atoms with Crippen LogP contribution in [0.1, 0.15) is 17.2 Å². The number of rotatable bonds is 1. The SMILES string of the molecule is [C]1Nc2ccccc2CC1c1nccc2ccccc12. The molecule has 0 amide bonds. The molecule has 4 rings (SSSR count). The van der Waals surface area contributed by atoms with Gasteiger partial charge in [0.05, 0.1) is 12.2 Å². The van der Waals surface area contributed by atoms with E-state index in [-0.39, 0.29) is 5.92 Å². The number of para-hydroxylation sites is 1. The third-order valence-electron chi connectivity index (χ3n) is 3.86. The summed E-state index contributed by atoms with van der Waals surface area (Å²) in [5.74, 6) is 0.191. The lowest BCUT2D eigenvalue weighted by molar-refractivity contribution is 0.744. The first-order valence-corrected chi connectivity index (χ1v) is 6.85. The predicted molar refractivity (Wildman–Crippen MR) is 81.5 cm³/mol. The molecule has 1 aromatic heterocycles. The Labute approximate surface area is 118 Å². The minimum Gasteiger partial charge on any atom is -0.374 e. The van der Waals surface area contributed by atoms with Gasteiger partial charge >= 0.3 is 0 Å². The number of anilines is 1. The van der Waals surface area contributed by atoms with Crippen LogP contribution in [0, 0.1) is 6.54 Å². The Morgan fingerprint density at radius 2 is 1.85 bits per heavy atom. The fourth-order valence-corrected chi connectivity index (χ4v) is 2.84. The van der Waals surface area contributed by atoms with Crippen molar-refractivity contribution < 1.29 is 0 Å². The van der Waals surface area contributed by atoms with Crippen molar-refractivity contribution in [1.82, 2.24) is 4.98 Å². The summed E-state index contributed by atoms with van der Waals surface area (Å²) in [5, 5.41) is 5.74. The molecule has 0 saturated carbocycles. The van der Waals surface area contributed by atoms with Crippen LogP contribution < -0.4 is 5.32 Å². The molecule has 1 aliphatic rings. The predicted octanol–water partition coefficient (Wildman–Crippen LogP) is 4.03. The van der Waals surface area contributed by atoms with E-state index in [1.54, 1.807) is 0 Å². The maximum absolute atomic E-state index is 4.60. The van der Waals surface area contributed by atoms with Crippen molar-refractivity contribution in [3.05, 3.63) is 78.6 Å². The molecule has 3 aromatic rings. The molecular formula is C18H14N2. The van der Waals surface area contributed by atoms with Gasteiger partial charge in [-0.15, -0.1) is 0 Å². The summed E-state index contributed by atoms with van der Waals surface area (Å²) in [4.78, 5) is 4.60. The van der Waals surface area contributed by atoms with Gasteiger partial charge in [0.1, 0.15) is 0 Å². The van der Waals surface area contributed by atoms with Crippen LogP contribution in [0.15, 0.2) is 60.8 Å². The van der Waals surface area contributed by atoms with Crippen molar-refractivity contribution in [3.8, 4) is 0 Å². The van der Waals surface area contributed by atoms with Gasteiger partial charge in [-0.3, -0.25) is 4.98 Å². The number of nitrogens with zero attached hydrogens (tertiary/aromatic N) is 1. The number of benzene rings is 2. The molecule has 0 spiro atoms. The first-order valence-electron chi connectivity index (χ1n) is 6.85. The molecule has 2 heterocycles. The third kappa shape index (κ3) is 1.85. The van der Waals surface area contributed by atoms with Crippen molar-refractivity contribution in [2.75, 3.05) is 5.32 Å². The second kappa shape index (κ2) is 4.64. The van der Waals surface area contributed by atoms with Gasteiger partial charge in [-0.1, -0.05) is 42.5 Å². The maximum Gasteiger partial charge on any atom is 0.0982 e. The van der Waals surface area contributed by atoms with Crippen LogP contribution in [-0.4, -0.2) is 4.98 Å². The Morgan fingerprint density at radius 3 is 2.85 bits per heavy atom. The lowest BCUT2D eigenvalue weighted by atomic mass is 9.89. The van der Waals surface area contributed by atoms with E-state index in [2.05, 4.69) is 65.4 Å². The maximum atomic E-state index is 4.60. The highest BCUT2D eigenvalue weighted by atomic mass is 14.9. The normalized spacial score (nSPS) is 17.5. The second-order valence-electron chi connectivity index (χ2n) is 5.10. The average Bonchev–Trinajstić information content (AvgIpc) is 2.54. The van der Waals surface area contributed by atoms with E-state index in [1.807, 2.05) is 12.3 Å². The summed E-state index contributed by atoms with van der Waals surface area (Å²) in [5.41, 5.74) is 3.58. The summed E-state index contributed by atoms with van der Waals surface area (Å²) < 4.78 is 0. The molecule has 1 aliphatic heterocycles. The zero-order valence-corrected chi connectivity index (χ0v) is 11.0. The second-order valence-corrected chi connectivity index (χ2v) is 5.10. The van der Waals surface area contributed by atoms with Gasteiger partial charge < -0.3 is 5.32 Å². The summed E-state index contributed by atoms with van der Waals surface area (Å²) >= 11 is 0. The van der Waals surface area contributed by atoms with Crippen molar-refractivity contribution >= 4 is 16.5 Å². The molecule has 0 saturated heterocycles. The zero-order valence-electron chi connectivity index (χ0n) is 11.0. The van der Waals surface area contributed by atoms with Gasteiger partial charge in [0.15, 0.2) is 0 Å². The van der Waals surface area contributed by atoms with Crippen LogP contribution in [0.5, 0.6) is 0 Å². The van der Waals surface area contributed by atoms with E-state index < -0.39 is 0 Å². The zero-order chi connectivity index (χ0) is 13.4. The smallest absolute Gasteiger partial charge is 0.0982 e. The molecule has 1 unspecified atom stereocenters. The Hall–Kier alpha value is -2.35. The molecule has 96 valence electrons. The molecule has 1 atom stereocenters. The topological polar surface area (TPSA) is 24.9 Å². The van der Waals surface area contributed by atoms with Crippen LogP contribution >= 0.6 is 0 Å². The quantitative estimate of drug-likeness (QED) is 0.713. The summed E-state index contributed by atoms with van der Waals surface area (Å²) in [6.45, 7) is 3.37. The van der Waals surface area contributed by atoms with Crippen molar-refractivity contribution in [1.29, 1.82) is 0 Å². The van der Waals surface area contributed by atoms with Crippen molar-refractivity contribution in [3.63, 3.8) is 0 Å². The van der Waals surface area contributed by atoms with Gasteiger partial charge in [0.25, 0.3) is 0 Å². The number of pyridine rings is 1. The molecule has 2 radical (unpaired) electrons. The molecule has 2 heteroatoms. The van der Waals surface area contributed by atoms with Gasteiger partial charge in [-0.25, -0.2) is 0 Å². The first kappa shape index (κ1) is 11.5. The molecule has 0 fully saturated rings. The van der Waals surface area contributed by atoms with Crippen LogP contribution in [0.4, 0.5) is 5.69 Å². The van der Waals surface area contributed by atoms with E-state index in [0.717, 1.165) is 17.8 Å². The van der Waals surface area contributed by atoms with Crippen molar-refractivity contribution in [2.24, 2.45) is 0 Å². The van der Waals surface area contributed by atoms with Gasteiger partial charge in [-0.2, -0.15) is 0 Å². The molecule has 0 bridgehead atoms. The van der Waals surface area contributed by atoms with E-state index in [4.69, 9.17) is 0 Å². The van der Waals surface area contributed by atoms with Gasteiger partial charge in [0.2, 0.25) is 0 Å². The number of fused-ring (bicyclic) bond motifs is 2. The largest absolute Gasteiger partial charge is 0.374 e. The number of hydrogen-bond acceptors (Lipinski definition) is 2. The highest BCUT2D eigenvalue weighted by molar-refractivity contribution is 5.85. The Balaban J connectivity index is 1.78. The lowest BCUT2D eigenvalue weighted by Crippen LogP contribution is -2.17. The average molecular weight is 258 g/mol. The lowest BCUT2D eigenvalue weighted by Gasteiger charge is -2.25. The van der Waals surface area contributed by atoms with E-state index in [9.17, 15) is 0 Å². The van der Waals surface area contributed by atoms with Crippen LogP contribution in [-0.2, 0) is 6.42 Å². The molecule has 2 nitrogen and oxygen atoms in total. The Morgan fingerprint density at radius 1 is 1.00 bits per heavy atom. The molecular weight excluding hydrogens is 244 g/mol. The Kier molecular flexibility index (Phi) is 2.66. The number of nitrogens with one attached hydrogen (secondary N) is 1. The third-order valence-corrected chi connectivity index (χ3v) is 3.86. The highest BCUT2D eigenvalue weighted by Gasteiger charge is 2.23. The van der Waals surface area contributed by atoms with E-state index in [0.29, 0.717) is 0 Å². The molecule has 0 aliphatic carbocycles. The van der Waals surface area contributed by atoms with Crippen LogP contribution in [0.25, 0.3) is 10.8 Å². The number of aromatic nitrogens is 1.